The summed E-state index contributed by atoms with van der Waals surface area (Å²) in [6.45, 7) is 3.39. The maximum atomic E-state index is 8.15. The summed E-state index contributed by atoms with van der Waals surface area (Å²) in [7, 11) is -1.69. The molecule has 4 heteroatoms. The highest BCUT2D eigenvalue weighted by atomic mass is 16.6. The Labute approximate surface area is 48.8 Å². The van der Waals surface area contributed by atoms with Gasteiger partial charge in [-0.25, -0.2) is 0 Å². The second-order valence-corrected chi connectivity index (χ2v) is 1.34. The smallest absolute Gasteiger partial charge is 0.516 e. The average Bonchev–Trinajstić information content (AvgIpc) is 1.65. The predicted octanol–water partition coefficient (Wildman–Crippen LogP) is -0.104. The van der Waals surface area contributed by atoms with E-state index < -0.39 is 7.32 Å². The normalized spacial score (nSPS) is 11.2. The maximum absolute atomic E-state index is 8.15. The molecule has 0 rings (SSSR count). The van der Waals surface area contributed by atoms with Crippen molar-refractivity contribution >= 4 is 7.32 Å². The zero-order chi connectivity index (χ0) is 6.57. The fourth-order valence-corrected chi connectivity index (χ4v) is 0.234. The first kappa shape index (κ1) is 7.52. The van der Waals surface area contributed by atoms with E-state index in [2.05, 4.69) is 4.65 Å². The molecule has 0 aromatic carbocycles. The van der Waals surface area contributed by atoms with Crippen LogP contribution in [0.5, 0.6) is 0 Å². The number of hydrogen-bond acceptors (Lipinski definition) is 3. The van der Waals surface area contributed by atoms with Gasteiger partial charge >= 0.3 is 7.32 Å². The van der Waals surface area contributed by atoms with E-state index >= 15 is 0 Å². The molecule has 0 spiro atoms. The molecule has 8 heavy (non-hydrogen) atoms. The van der Waals surface area contributed by atoms with Gasteiger partial charge in [0.2, 0.25) is 0 Å². The van der Waals surface area contributed by atoms with Gasteiger partial charge in [-0.3, -0.25) is 0 Å². The number of hydrogen-bond donors (Lipinski definition) is 2. The summed E-state index contributed by atoms with van der Waals surface area (Å²) in [5, 5.41) is 16.3. The highest BCUT2D eigenvalue weighted by molar-refractivity contribution is 6.33. The van der Waals surface area contributed by atoms with Crippen LogP contribution < -0.4 is 0 Å². The van der Waals surface area contributed by atoms with Crippen molar-refractivity contribution in [2.45, 2.75) is 13.8 Å². The minimum Gasteiger partial charge on any atom is -0.516 e. The van der Waals surface area contributed by atoms with Gasteiger partial charge in [0, 0.05) is 0 Å². The molecular formula is C4H9BO3. The fraction of sp³-hybridized carbons (Fsp3) is 0.500. The first-order valence-corrected chi connectivity index (χ1v) is 2.32. The largest absolute Gasteiger partial charge is 0.707 e. The summed E-state index contributed by atoms with van der Waals surface area (Å²) in [5.41, 5.74) is 0. The molecule has 0 heterocycles. The Bertz CT molecular complexity index is 89.3. The lowest BCUT2D eigenvalue weighted by Gasteiger charge is -2.00. The predicted molar refractivity (Wildman–Crippen MR) is 30.7 cm³/mol. The summed E-state index contributed by atoms with van der Waals surface area (Å²) >= 11 is 0. The molecule has 3 nitrogen and oxygen atoms in total. The lowest BCUT2D eigenvalue weighted by atomic mass is 10.2. The first-order valence-electron chi connectivity index (χ1n) is 2.32. The molecule has 0 amide bonds. The molecule has 0 unspecified atom stereocenters. The van der Waals surface area contributed by atoms with Gasteiger partial charge in [0.05, 0.1) is 5.76 Å². The monoisotopic (exact) mass is 116 g/mol. The van der Waals surface area contributed by atoms with Crippen LogP contribution in [0.25, 0.3) is 0 Å². The minimum atomic E-state index is -1.69. The molecule has 0 atom stereocenters. The molecule has 0 aromatic rings. The lowest BCUT2D eigenvalue weighted by Crippen LogP contribution is -2.15. The average molecular weight is 116 g/mol. The Morgan fingerprint density at radius 2 is 2.12 bits per heavy atom. The molecular weight excluding hydrogens is 107 g/mol. The van der Waals surface area contributed by atoms with E-state index in [1.54, 1.807) is 19.9 Å². The number of rotatable bonds is 2. The van der Waals surface area contributed by atoms with Crippen LogP contribution >= 0.6 is 0 Å². The second-order valence-electron chi connectivity index (χ2n) is 1.34. The number of allylic oxidation sites excluding steroid dienone is 2. The summed E-state index contributed by atoms with van der Waals surface area (Å²) in [4.78, 5) is 0. The van der Waals surface area contributed by atoms with Crippen LogP contribution in [-0.2, 0) is 4.65 Å². The van der Waals surface area contributed by atoms with Crippen molar-refractivity contribution in [3.05, 3.63) is 11.8 Å². The van der Waals surface area contributed by atoms with Crippen molar-refractivity contribution in [1.29, 1.82) is 0 Å². The Hall–Kier alpha value is -0.475. The summed E-state index contributed by atoms with van der Waals surface area (Å²) < 4.78 is 4.37. The standard InChI is InChI=1S/C4H9BO3/c1-3-4(2)8-5(6)7/h3,6-7H,1-2H3/b4-3+. The van der Waals surface area contributed by atoms with E-state index in [-0.39, 0.29) is 0 Å². The Morgan fingerprint density at radius 1 is 1.62 bits per heavy atom. The Balaban J connectivity index is 3.39. The zero-order valence-corrected chi connectivity index (χ0v) is 4.96. The fourth-order valence-electron chi connectivity index (χ4n) is 0.234. The van der Waals surface area contributed by atoms with Crippen LogP contribution in [0.3, 0.4) is 0 Å². The molecule has 0 aliphatic heterocycles. The maximum Gasteiger partial charge on any atom is 0.707 e. The van der Waals surface area contributed by atoms with Gasteiger partial charge in [-0.15, -0.1) is 0 Å². The first-order chi connectivity index (χ1) is 3.66. The Kier molecular flexibility index (Phi) is 3.31. The molecule has 0 radical (unpaired) electrons. The van der Waals surface area contributed by atoms with Crippen LogP contribution in [0.4, 0.5) is 0 Å². The van der Waals surface area contributed by atoms with Crippen molar-refractivity contribution < 1.29 is 14.7 Å². The van der Waals surface area contributed by atoms with E-state index in [0.29, 0.717) is 5.76 Å². The van der Waals surface area contributed by atoms with Crippen molar-refractivity contribution in [2.24, 2.45) is 0 Å². The zero-order valence-electron chi connectivity index (χ0n) is 4.96. The molecule has 0 saturated heterocycles. The molecule has 0 aliphatic rings. The highest BCUT2D eigenvalue weighted by Gasteiger charge is 2.08. The van der Waals surface area contributed by atoms with Gasteiger partial charge in [-0.1, -0.05) is 6.08 Å². The van der Waals surface area contributed by atoms with E-state index in [9.17, 15) is 0 Å². The third-order valence-corrected chi connectivity index (χ3v) is 0.698. The van der Waals surface area contributed by atoms with Gasteiger partial charge in [0.25, 0.3) is 0 Å². The van der Waals surface area contributed by atoms with Crippen LogP contribution in [0.1, 0.15) is 13.8 Å². The molecule has 46 valence electrons. The van der Waals surface area contributed by atoms with Gasteiger partial charge in [-0.2, -0.15) is 0 Å². The van der Waals surface area contributed by atoms with Crippen molar-refractivity contribution in [3.8, 4) is 0 Å². The van der Waals surface area contributed by atoms with Crippen molar-refractivity contribution in [1.82, 2.24) is 0 Å². The minimum absolute atomic E-state index is 0.500. The van der Waals surface area contributed by atoms with Crippen LogP contribution in [0.2, 0.25) is 0 Å². The van der Waals surface area contributed by atoms with E-state index in [1.807, 2.05) is 0 Å². The van der Waals surface area contributed by atoms with Crippen molar-refractivity contribution in [3.63, 3.8) is 0 Å². The molecule has 0 aromatic heterocycles. The molecule has 0 aliphatic carbocycles. The van der Waals surface area contributed by atoms with E-state index in [0.717, 1.165) is 0 Å². The topological polar surface area (TPSA) is 49.7 Å². The third kappa shape index (κ3) is 3.71. The van der Waals surface area contributed by atoms with E-state index in [4.69, 9.17) is 10.0 Å². The quantitative estimate of drug-likeness (QED) is 0.391. The second kappa shape index (κ2) is 3.52. The molecule has 0 saturated carbocycles. The molecule has 0 bridgehead atoms. The van der Waals surface area contributed by atoms with Crippen molar-refractivity contribution in [2.75, 3.05) is 0 Å². The van der Waals surface area contributed by atoms with Crippen LogP contribution in [0, 0.1) is 0 Å². The van der Waals surface area contributed by atoms with Gasteiger partial charge in [0.15, 0.2) is 0 Å². The molecule has 2 N–H and O–H groups in total. The lowest BCUT2D eigenvalue weighted by molar-refractivity contribution is 0.238. The van der Waals surface area contributed by atoms with Gasteiger partial charge in [0.1, 0.15) is 0 Å². The summed E-state index contributed by atoms with van der Waals surface area (Å²) in [6, 6.07) is 0. The summed E-state index contributed by atoms with van der Waals surface area (Å²) in [6.07, 6.45) is 1.64. The third-order valence-electron chi connectivity index (χ3n) is 0.698. The molecule has 0 fully saturated rings. The SMILES string of the molecule is C/C=C(\C)OB(O)O. The van der Waals surface area contributed by atoms with Gasteiger partial charge in [-0.05, 0) is 13.8 Å². The van der Waals surface area contributed by atoms with Gasteiger partial charge < -0.3 is 14.7 Å². The van der Waals surface area contributed by atoms with Crippen LogP contribution in [-0.4, -0.2) is 17.4 Å². The highest BCUT2D eigenvalue weighted by Crippen LogP contribution is 1.92. The Morgan fingerprint density at radius 3 is 2.25 bits per heavy atom. The van der Waals surface area contributed by atoms with Crippen LogP contribution in [0.15, 0.2) is 11.8 Å². The summed E-state index contributed by atoms with van der Waals surface area (Å²) in [5.74, 6) is 0.500. The van der Waals surface area contributed by atoms with E-state index in [1.165, 1.54) is 0 Å².